The van der Waals surface area contributed by atoms with Crippen LogP contribution in [-0.2, 0) is 6.54 Å². The minimum atomic E-state index is -0.164. The molecule has 0 saturated heterocycles. The van der Waals surface area contributed by atoms with Gasteiger partial charge < -0.3 is 14.7 Å². The van der Waals surface area contributed by atoms with E-state index in [9.17, 15) is 4.79 Å². The molecule has 102 valence electrons. The summed E-state index contributed by atoms with van der Waals surface area (Å²) in [6.07, 6.45) is 0. The fourth-order valence-electron chi connectivity index (χ4n) is 2.00. The second kappa shape index (κ2) is 4.80. The summed E-state index contributed by atoms with van der Waals surface area (Å²) in [5.41, 5.74) is 3.17. The zero-order chi connectivity index (χ0) is 14.1. The lowest BCUT2D eigenvalue weighted by atomic mass is 10.2. The monoisotopic (exact) mass is 270 g/mol. The molecule has 3 rings (SSSR count). The normalized spacial score (nSPS) is 10.9. The highest BCUT2D eigenvalue weighted by Crippen LogP contribution is 2.19. The number of hydrogen-bond donors (Lipinski definition) is 2. The van der Waals surface area contributed by atoms with Crippen molar-refractivity contribution in [1.82, 2.24) is 15.0 Å². The van der Waals surface area contributed by atoms with Gasteiger partial charge in [0.05, 0.1) is 6.54 Å². The quantitative estimate of drug-likeness (QED) is 0.761. The lowest BCUT2D eigenvalue weighted by Gasteiger charge is -2.01. The van der Waals surface area contributed by atoms with Crippen LogP contribution in [-0.4, -0.2) is 15.0 Å². The molecule has 0 atom stereocenters. The average molecular weight is 270 g/mol. The molecule has 0 radical (unpaired) electrons. The molecule has 0 spiro atoms. The minimum absolute atomic E-state index is 0.164. The Kier molecular flexibility index (Phi) is 2.98. The van der Waals surface area contributed by atoms with Crippen LogP contribution < -0.4 is 10.9 Å². The number of fused-ring (bicyclic) bond motifs is 1. The number of benzene rings is 1. The molecular weight excluding hydrogens is 256 g/mol. The minimum Gasteiger partial charge on any atom is -0.424 e. The van der Waals surface area contributed by atoms with Crippen molar-refractivity contribution >= 4 is 17.1 Å². The third kappa shape index (κ3) is 2.54. The van der Waals surface area contributed by atoms with E-state index in [1.54, 1.807) is 6.92 Å². The Morgan fingerprint density at radius 1 is 1.25 bits per heavy atom. The van der Waals surface area contributed by atoms with Gasteiger partial charge in [0.25, 0.3) is 11.6 Å². The Balaban J connectivity index is 1.81. The number of nitrogens with one attached hydrogen (secondary N) is 2. The molecule has 0 amide bonds. The van der Waals surface area contributed by atoms with E-state index in [2.05, 4.69) is 20.3 Å². The summed E-state index contributed by atoms with van der Waals surface area (Å²) in [5.74, 6) is 0.549. The molecular formula is C14H14N4O2. The van der Waals surface area contributed by atoms with Crippen LogP contribution in [0.5, 0.6) is 0 Å². The standard InChI is InChI=1S/C14H14N4O2/c1-8-3-4-11-10(5-8)17-14(20-11)15-7-12-16-9(2)6-13(19)18-12/h3-6H,7H2,1-2H3,(H,15,17)(H,16,18,19). The summed E-state index contributed by atoms with van der Waals surface area (Å²) in [6.45, 7) is 4.13. The molecule has 6 heteroatoms. The van der Waals surface area contributed by atoms with E-state index >= 15 is 0 Å². The third-order valence-electron chi connectivity index (χ3n) is 2.87. The van der Waals surface area contributed by atoms with Gasteiger partial charge in [0.15, 0.2) is 5.58 Å². The second-order valence-electron chi connectivity index (χ2n) is 4.68. The predicted molar refractivity (Wildman–Crippen MR) is 75.7 cm³/mol. The number of aromatic nitrogens is 3. The van der Waals surface area contributed by atoms with E-state index in [0.717, 1.165) is 16.7 Å². The molecule has 2 aromatic heterocycles. The van der Waals surface area contributed by atoms with Crippen LogP contribution in [0.4, 0.5) is 6.01 Å². The van der Waals surface area contributed by atoms with Crippen molar-refractivity contribution in [2.75, 3.05) is 5.32 Å². The van der Waals surface area contributed by atoms with Gasteiger partial charge in [0, 0.05) is 11.8 Å². The van der Waals surface area contributed by atoms with Crippen LogP contribution in [0.25, 0.3) is 11.1 Å². The van der Waals surface area contributed by atoms with E-state index in [4.69, 9.17) is 4.42 Å². The number of aryl methyl sites for hydroxylation is 2. The maximum atomic E-state index is 11.3. The lowest BCUT2D eigenvalue weighted by molar-refractivity contribution is 0.612. The Hall–Kier alpha value is -2.63. The number of nitrogens with zero attached hydrogens (tertiary/aromatic N) is 2. The van der Waals surface area contributed by atoms with Crippen molar-refractivity contribution in [1.29, 1.82) is 0 Å². The maximum absolute atomic E-state index is 11.3. The maximum Gasteiger partial charge on any atom is 0.296 e. The van der Waals surface area contributed by atoms with E-state index in [1.165, 1.54) is 6.07 Å². The second-order valence-corrected chi connectivity index (χ2v) is 4.68. The lowest BCUT2D eigenvalue weighted by Crippen LogP contribution is -2.14. The topological polar surface area (TPSA) is 83.8 Å². The number of hydrogen-bond acceptors (Lipinski definition) is 5. The third-order valence-corrected chi connectivity index (χ3v) is 2.87. The summed E-state index contributed by atoms with van der Waals surface area (Å²) < 4.78 is 5.56. The van der Waals surface area contributed by atoms with Crippen LogP contribution in [0.2, 0.25) is 0 Å². The molecule has 0 aliphatic carbocycles. The molecule has 2 heterocycles. The van der Waals surface area contributed by atoms with E-state index in [0.29, 0.717) is 24.1 Å². The number of anilines is 1. The summed E-state index contributed by atoms with van der Waals surface area (Å²) in [5, 5.41) is 3.01. The first kappa shape index (κ1) is 12.4. The smallest absolute Gasteiger partial charge is 0.296 e. The SMILES string of the molecule is Cc1ccc2oc(NCc3nc(C)cc(=O)[nH]3)nc2c1. The Bertz CT molecular complexity index is 819. The molecule has 6 nitrogen and oxygen atoms in total. The summed E-state index contributed by atoms with van der Waals surface area (Å²) >= 11 is 0. The first-order valence-corrected chi connectivity index (χ1v) is 6.28. The van der Waals surface area contributed by atoms with Crippen molar-refractivity contribution in [3.05, 3.63) is 51.7 Å². The summed E-state index contributed by atoms with van der Waals surface area (Å²) in [6, 6.07) is 7.67. The van der Waals surface area contributed by atoms with Gasteiger partial charge in [-0.25, -0.2) is 4.98 Å². The highest BCUT2D eigenvalue weighted by molar-refractivity contribution is 5.75. The fourth-order valence-corrected chi connectivity index (χ4v) is 2.00. The van der Waals surface area contributed by atoms with E-state index in [1.807, 2.05) is 25.1 Å². The van der Waals surface area contributed by atoms with Gasteiger partial charge in [-0.15, -0.1) is 0 Å². The highest BCUT2D eigenvalue weighted by Gasteiger charge is 2.06. The Morgan fingerprint density at radius 2 is 2.10 bits per heavy atom. The zero-order valence-electron chi connectivity index (χ0n) is 11.2. The van der Waals surface area contributed by atoms with Crippen LogP contribution >= 0.6 is 0 Å². The molecule has 0 saturated carbocycles. The van der Waals surface area contributed by atoms with Gasteiger partial charge >= 0.3 is 0 Å². The molecule has 20 heavy (non-hydrogen) atoms. The van der Waals surface area contributed by atoms with Crippen molar-refractivity contribution in [2.45, 2.75) is 20.4 Å². The highest BCUT2D eigenvalue weighted by atomic mass is 16.4. The van der Waals surface area contributed by atoms with Crippen molar-refractivity contribution < 1.29 is 4.42 Å². The summed E-state index contributed by atoms with van der Waals surface area (Å²) in [7, 11) is 0. The van der Waals surface area contributed by atoms with Gasteiger partial charge in [0.2, 0.25) is 0 Å². The van der Waals surface area contributed by atoms with Gasteiger partial charge in [-0.05, 0) is 31.5 Å². The summed E-state index contributed by atoms with van der Waals surface area (Å²) in [4.78, 5) is 22.6. The number of aromatic amines is 1. The molecule has 2 N–H and O–H groups in total. The molecule has 1 aromatic carbocycles. The van der Waals surface area contributed by atoms with Crippen molar-refractivity contribution in [2.24, 2.45) is 0 Å². The first-order chi connectivity index (χ1) is 9.60. The van der Waals surface area contributed by atoms with E-state index in [-0.39, 0.29) is 5.56 Å². The predicted octanol–water partition coefficient (Wildman–Crippen LogP) is 2.14. The van der Waals surface area contributed by atoms with Crippen LogP contribution in [0.15, 0.2) is 33.5 Å². The van der Waals surface area contributed by atoms with Gasteiger partial charge in [-0.2, -0.15) is 4.98 Å². The van der Waals surface area contributed by atoms with Gasteiger partial charge in [-0.3, -0.25) is 4.79 Å². The average Bonchev–Trinajstić information content (AvgIpc) is 2.77. The van der Waals surface area contributed by atoms with Crippen LogP contribution in [0.1, 0.15) is 17.1 Å². The Labute approximate surface area is 114 Å². The van der Waals surface area contributed by atoms with Crippen LogP contribution in [0.3, 0.4) is 0 Å². The Morgan fingerprint density at radius 3 is 2.90 bits per heavy atom. The van der Waals surface area contributed by atoms with Gasteiger partial charge in [-0.1, -0.05) is 6.07 Å². The number of H-pyrrole nitrogens is 1. The van der Waals surface area contributed by atoms with E-state index < -0.39 is 0 Å². The van der Waals surface area contributed by atoms with Gasteiger partial charge in [0.1, 0.15) is 11.3 Å². The largest absolute Gasteiger partial charge is 0.424 e. The number of oxazole rings is 1. The molecule has 0 fully saturated rings. The first-order valence-electron chi connectivity index (χ1n) is 6.28. The van der Waals surface area contributed by atoms with Crippen molar-refractivity contribution in [3.63, 3.8) is 0 Å². The zero-order valence-corrected chi connectivity index (χ0v) is 11.2. The molecule has 0 aliphatic heterocycles. The molecule has 3 aromatic rings. The number of rotatable bonds is 3. The molecule has 0 bridgehead atoms. The van der Waals surface area contributed by atoms with Crippen LogP contribution in [0, 0.1) is 13.8 Å². The fraction of sp³-hybridized carbons (Fsp3) is 0.214. The molecule has 0 unspecified atom stereocenters. The van der Waals surface area contributed by atoms with Crippen molar-refractivity contribution in [3.8, 4) is 0 Å². The molecule has 0 aliphatic rings.